The van der Waals surface area contributed by atoms with Gasteiger partial charge in [-0.15, -0.1) is 0 Å². The lowest BCUT2D eigenvalue weighted by Gasteiger charge is -2.29. The van der Waals surface area contributed by atoms with Gasteiger partial charge in [0.05, 0.1) is 11.2 Å². The van der Waals surface area contributed by atoms with Gasteiger partial charge in [0, 0.05) is 6.54 Å². The maximum atomic E-state index is 10.3. The van der Waals surface area contributed by atoms with Gasteiger partial charge < -0.3 is 5.11 Å². The molecule has 0 unspecified atom stereocenters. The van der Waals surface area contributed by atoms with Crippen LogP contribution in [0.3, 0.4) is 0 Å². The van der Waals surface area contributed by atoms with Crippen LogP contribution in [0.4, 0.5) is 0 Å². The second-order valence-corrected chi connectivity index (χ2v) is 5.67. The van der Waals surface area contributed by atoms with Gasteiger partial charge in [0.2, 0.25) is 0 Å². The smallest absolute Gasteiger partial charge is 0.0812 e. The van der Waals surface area contributed by atoms with Crippen LogP contribution in [0.25, 0.3) is 0 Å². The molecule has 0 amide bonds. The molecule has 0 aliphatic heterocycles. The highest BCUT2D eigenvalue weighted by Crippen LogP contribution is 2.26. The van der Waals surface area contributed by atoms with Crippen LogP contribution in [-0.4, -0.2) is 22.9 Å². The van der Waals surface area contributed by atoms with Crippen LogP contribution in [0.2, 0.25) is 0 Å². The summed E-state index contributed by atoms with van der Waals surface area (Å²) in [4.78, 5) is 5.43. The molecule has 0 aromatic carbocycles. The van der Waals surface area contributed by atoms with Crippen molar-refractivity contribution in [3.05, 3.63) is 0 Å². The molecule has 0 aromatic heterocycles. The highest BCUT2D eigenvalue weighted by atomic mass is 16.7. The first kappa shape index (κ1) is 12.9. The highest BCUT2D eigenvalue weighted by molar-refractivity contribution is 4.82. The molecule has 1 rings (SSSR count). The van der Waals surface area contributed by atoms with Gasteiger partial charge in [0.15, 0.2) is 0 Å². The van der Waals surface area contributed by atoms with Crippen molar-refractivity contribution in [2.24, 2.45) is 0 Å². The van der Waals surface area contributed by atoms with Gasteiger partial charge in [-0.25, -0.2) is 0 Å². The van der Waals surface area contributed by atoms with Crippen LogP contribution in [0.15, 0.2) is 0 Å². The monoisotopic (exact) mass is 215 g/mol. The lowest BCUT2D eigenvalue weighted by molar-refractivity contribution is -0.103. The topological polar surface area (TPSA) is 41.5 Å². The molecule has 3 nitrogen and oxygen atoms in total. The summed E-state index contributed by atoms with van der Waals surface area (Å²) in [5.41, 5.74) is 2.17. The van der Waals surface area contributed by atoms with Crippen LogP contribution in [0.1, 0.15) is 59.3 Å². The zero-order valence-electron chi connectivity index (χ0n) is 10.3. The fourth-order valence-corrected chi connectivity index (χ4v) is 1.95. The van der Waals surface area contributed by atoms with E-state index in [1.807, 2.05) is 20.8 Å². The molecule has 1 aliphatic rings. The van der Waals surface area contributed by atoms with E-state index in [0.717, 1.165) is 25.7 Å². The molecular formula is C12H25NO2. The molecule has 90 valence electrons. The molecule has 1 aliphatic carbocycles. The van der Waals surface area contributed by atoms with Crippen molar-refractivity contribution in [2.45, 2.75) is 70.5 Å². The molecule has 1 saturated carbocycles. The third-order valence-electron chi connectivity index (χ3n) is 2.81. The molecule has 0 saturated heterocycles. The zero-order chi connectivity index (χ0) is 11.4. The van der Waals surface area contributed by atoms with Gasteiger partial charge in [0.25, 0.3) is 0 Å². The van der Waals surface area contributed by atoms with E-state index in [0.29, 0.717) is 6.54 Å². The lowest BCUT2D eigenvalue weighted by Crippen LogP contribution is -2.42. The zero-order valence-corrected chi connectivity index (χ0v) is 10.3. The summed E-state index contributed by atoms with van der Waals surface area (Å²) in [7, 11) is 0. The Morgan fingerprint density at radius 3 is 2.13 bits per heavy atom. The van der Waals surface area contributed by atoms with Crippen molar-refractivity contribution in [3.63, 3.8) is 0 Å². The van der Waals surface area contributed by atoms with Crippen molar-refractivity contribution in [1.82, 2.24) is 5.48 Å². The Hall–Kier alpha value is -0.120. The fraction of sp³-hybridized carbons (Fsp3) is 1.00. The molecule has 15 heavy (non-hydrogen) atoms. The van der Waals surface area contributed by atoms with E-state index in [1.165, 1.54) is 12.8 Å². The Kier molecular flexibility index (Phi) is 4.56. The molecular weight excluding hydrogens is 190 g/mol. The van der Waals surface area contributed by atoms with Crippen molar-refractivity contribution < 1.29 is 9.94 Å². The summed E-state index contributed by atoms with van der Waals surface area (Å²) in [6.07, 6.45) is 6.56. The third kappa shape index (κ3) is 5.50. The number of aliphatic hydroxyl groups is 1. The molecule has 3 heteroatoms. The molecule has 0 atom stereocenters. The minimum Gasteiger partial charge on any atom is -0.388 e. The van der Waals surface area contributed by atoms with Gasteiger partial charge in [0.1, 0.15) is 0 Å². The van der Waals surface area contributed by atoms with Gasteiger partial charge in [-0.05, 0) is 33.6 Å². The summed E-state index contributed by atoms with van der Waals surface area (Å²) in [5, 5.41) is 10.3. The summed E-state index contributed by atoms with van der Waals surface area (Å²) < 4.78 is 0. The lowest BCUT2D eigenvalue weighted by atomic mass is 9.95. The van der Waals surface area contributed by atoms with Gasteiger partial charge in [-0.2, -0.15) is 5.48 Å². The Bertz CT molecular complexity index is 179. The van der Waals surface area contributed by atoms with Crippen LogP contribution in [-0.2, 0) is 4.84 Å². The first-order valence-electron chi connectivity index (χ1n) is 6.05. The Labute approximate surface area is 93.2 Å². The summed E-state index contributed by atoms with van der Waals surface area (Å²) in [5.74, 6) is 0. The second-order valence-electron chi connectivity index (χ2n) is 5.67. The van der Waals surface area contributed by atoms with Gasteiger partial charge in [-0.3, -0.25) is 4.84 Å². The molecule has 0 spiro atoms. The van der Waals surface area contributed by atoms with Crippen LogP contribution < -0.4 is 5.48 Å². The summed E-state index contributed by atoms with van der Waals surface area (Å²) >= 11 is 0. The maximum Gasteiger partial charge on any atom is 0.0812 e. The quantitative estimate of drug-likeness (QED) is 0.561. The minimum absolute atomic E-state index is 0.193. The Balaban J connectivity index is 2.28. The van der Waals surface area contributed by atoms with E-state index in [-0.39, 0.29) is 5.60 Å². The SMILES string of the molecule is CC(C)(C)ONCC1(O)CCCCCC1. The third-order valence-corrected chi connectivity index (χ3v) is 2.81. The number of hydroxylamine groups is 1. The minimum atomic E-state index is -0.554. The molecule has 0 radical (unpaired) electrons. The van der Waals surface area contributed by atoms with E-state index in [4.69, 9.17) is 4.84 Å². The Morgan fingerprint density at radius 2 is 1.67 bits per heavy atom. The van der Waals surface area contributed by atoms with Crippen molar-refractivity contribution >= 4 is 0 Å². The predicted molar refractivity (Wildman–Crippen MR) is 61.5 cm³/mol. The largest absolute Gasteiger partial charge is 0.388 e. The average molecular weight is 215 g/mol. The number of hydrogen-bond donors (Lipinski definition) is 2. The molecule has 0 bridgehead atoms. The normalized spacial score (nSPS) is 22.4. The van der Waals surface area contributed by atoms with Crippen molar-refractivity contribution in [3.8, 4) is 0 Å². The van der Waals surface area contributed by atoms with Gasteiger partial charge in [-0.1, -0.05) is 25.7 Å². The standard InChI is InChI=1S/C12H25NO2/c1-11(2,3)15-13-10-12(14)8-6-4-5-7-9-12/h13-14H,4-10H2,1-3H3. The second kappa shape index (κ2) is 5.28. The number of hydrogen-bond acceptors (Lipinski definition) is 3. The number of nitrogens with one attached hydrogen (secondary N) is 1. The van der Waals surface area contributed by atoms with Crippen LogP contribution in [0.5, 0.6) is 0 Å². The highest BCUT2D eigenvalue weighted by Gasteiger charge is 2.28. The first-order chi connectivity index (χ1) is 6.91. The maximum absolute atomic E-state index is 10.3. The molecule has 2 N–H and O–H groups in total. The van der Waals surface area contributed by atoms with E-state index in [1.54, 1.807) is 0 Å². The van der Waals surface area contributed by atoms with Crippen molar-refractivity contribution in [2.75, 3.05) is 6.54 Å². The van der Waals surface area contributed by atoms with Crippen molar-refractivity contribution in [1.29, 1.82) is 0 Å². The first-order valence-corrected chi connectivity index (χ1v) is 6.05. The van der Waals surface area contributed by atoms with E-state index < -0.39 is 5.60 Å². The number of rotatable bonds is 3. The van der Waals surface area contributed by atoms with Crippen LogP contribution >= 0.6 is 0 Å². The van der Waals surface area contributed by atoms with Gasteiger partial charge >= 0.3 is 0 Å². The van der Waals surface area contributed by atoms with E-state index in [2.05, 4.69) is 5.48 Å². The predicted octanol–water partition coefficient (Wildman–Crippen LogP) is 2.39. The summed E-state index contributed by atoms with van der Waals surface area (Å²) in [6.45, 7) is 6.54. The van der Waals surface area contributed by atoms with E-state index in [9.17, 15) is 5.11 Å². The Morgan fingerprint density at radius 1 is 1.13 bits per heavy atom. The van der Waals surface area contributed by atoms with Crippen LogP contribution in [0, 0.1) is 0 Å². The van der Waals surface area contributed by atoms with E-state index >= 15 is 0 Å². The summed E-state index contributed by atoms with van der Waals surface area (Å²) in [6, 6.07) is 0. The molecule has 0 aromatic rings. The molecule has 0 heterocycles. The fourth-order valence-electron chi connectivity index (χ4n) is 1.95. The molecule has 1 fully saturated rings. The average Bonchev–Trinajstić information content (AvgIpc) is 2.28.